The highest BCUT2D eigenvalue weighted by molar-refractivity contribution is 5.93. The highest BCUT2D eigenvalue weighted by Crippen LogP contribution is 2.27. The third kappa shape index (κ3) is 6.37. The summed E-state index contributed by atoms with van der Waals surface area (Å²) in [6.45, 7) is 0.0324. The molecule has 0 bridgehead atoms. The second-order valence-corrected chi connectivity index (χ2v) is 6.69. The van der Waals surface area contributed by atoms with Crippen LogP contribution in [0.2, 0.25) is 0 Å². The lowest BCUT2D eigenvalue weighted by Gasteiger charge is -2.09. The summed E-state index contributed by atoms with van der Waals surface area (Å²) in [6.07, 6.45) is 3.01. The zero-order valence-electron chi connectivity index (χ0n) is 17.5. The number of hydrogen-bond donors (Lipinski definition) is 2. The zero-order chi connectivity index (χ0) is 23.8. The largest absolute Gasteiger partial charge is 0.493 e. The number of carbonyl (C=O) groups is 2. The van der Waals surface area contributed by atoms with Crippen LogP contribution in [0.1, 0.15) is 21.6 Å². The number of hydrogen-bond acceptors (Lipinski definition) is 8. The lowest BCUT2D eigenvalue weighted by atomic mass is 10.2. The maximum absolute atomic E-state index is 12.3. The first-order valence-corrected chi connectivity index (χ1v) is 9.55. The van der Waals surface area contributed by atoms with E-state index in [1.807, 2.05) is 0 Å². The lowest BCUT2D eigenvalue weighted by molar-refractivity contribution is -0.384. The van der Waals surface area contributed by atoms with Crippen molar-refractivity contribution in [3.05, 3.63) is 81.7 Å². The van der Waals surface area contributed by atoms with E-state index in [4.69, 9.17) is 15.2 Å². The topological polar surface area (TPSA) is 164 Å². The van der Waals surface area contributed by atoms with Gasteiger partial charge in [-0.15, -0.1) is 0 Å². The standard InChI is InChI=1S/C21H20N6O6/c1-32-18-7-4-15(10-19(18)33-13-20(22)28)11-23-24-21(29)17-8-9-26(25-17)12-14-2-5-16(6-3-14)27(30)31/h2-11H,12-13H2,1H3,(H2,22,28)(H,24,29). The molecule has 3 N–H and O–H groups in total. The smallest absolute Gasteiger partial charge is 0.291 e. The third-order valence-electron chi connectivity index (χ3n) is 4.30. The van der Waals surface area contributed by atoms with Crippen molar-refractivity contribution in [3.8, 4) is 11.5 Å². The van der Waals surface area contributed by atoms with Crippen molar-refractivity contribution in [1.29, 1.82) is 0 Å². The van der Waals surface area contributed by atoms with Gasteiger partial charge in [-0.25, -0.2) is 5.43 Å². The Morgan fingerprint density at radius 3 is 2.64 bits per heavy atom. The molecular weight excluding hydrogens is 432 g/mol. The molecule has 3 rings (SSSR count). The number of nitrogens with two attached hydrogens (primary N) is 1. The Labute approximate surface area is 187 Å². The first-order chi connectivity index (χ1) is 15.9. The van der Waals surface area contributed by atoms with Crippen LogP contribution >= 0.6 is 0 Å². The molecule has 0 aliphatic carbocycles. The summed E-state index contributed by atoms with van der Waals surface area (Å²) in [6, 6.07) is 12.5. The number of aromatic nitrogens is 2. The molecule has 1 heterocycles. The second-order valence-electron chi connectivity index (χ2n) is 6.69. The Bertz CT molecular complexity index is 1190. The van der Waals surface area contributed by atoms with Crippen molar-refractivity contribution in [3.63, 3.8) is 0 Å². The Morgan fingerprint density at radius 2 is 1.97 bits per heavy atom. The Balaban J connectivity index is 1.59. The lowest BCUT2D eigenvalue weighted by Crippen LogP contribution is -2.20. The van der Waals surface area contributed by atoms with Crippen molar-refractivity contribution in [2.24, 2.45) is 10.8 Å². The van der Waals surface area contributed by atoms with Crippen molar-refractivity contribution < 1.29 is 24.0 Å². The number of non-ortho nitro benzene ring substituents is 1. The molecule has 2 aromatic carbocycles. The molecule has 0 saturated heterocycles. The summed E-state index contributed by atoms with van der Waals surface area (Å²) in [5, 5.41) is 18.8. The number of nitrogens with one attached hydrogen (secondary N) is 1. The van der Waals surface area contributed by atoms with Gasteiger partial charge in [0.15, 0.2) is 23.8 Å². The van der Waals surface area contributed by atoms with Gasteiger partial charge in [0, 0.05) is 18.3 Å². The van der Waals surface area contributed by atoms with Crippen LogP contribution in [0, 0.1) is 10.1 Å². The molecule has 33 heavy (non-hydrogen) atoms. The van der Waals surface area contributed by atoms with Crippen LogP contribution in [0.15, 0.2) is 59.8 Å². The summed E-state index contributed by atoms with van der Waals surface area (Å²) in [4.78, 5) is 33.5. The van der Waals surface area contributed by atoms with Crippen molar-refractivity contribution in [1.82, 2.24) is 15.2 Å². The van der Waals surface area contributed by atoms with E-state index in [2.05, 4.69) is 15.6 Å². The van der Waals surface area contributed by atoms with E-state index in [1.54, 1.807) is 36.5 Å². The average molecular weight is 452 g/mol. The number of nitro benzene ring substituents is 1. The van der Waals surface area contributed by atoms with E-state index in [0.29, 0.717) is 23.6 Å². The van der Waals surface area contributed by atoms with Gasteiger partial charge in [0.25, 0.3) is 17.5 Å². The summed E-state index contributed by atoms with van der Waals surface area (Å²) in [5.74, 6) is -0.434. The molecule has 0 aliphatic rings. The van der Waals surface area contributed by atoms with Gasteiger partial charge < -0.3 is 15.2 Å². The molecule has 0 aliphatic heterocycles. The summed E-state index contributed by atoms with van der Waals surface area (Å²) < 4.78 is 12.0. The zero-order valence-corrected chi connectivity index (χ0v) is 17.5. The van der Waals surface area contributed by atoms with Gasteiger partial charge in [-0.1, -0.05) is 12.1 Å². The predicted molar refractivity (Wildman–Crippen MR) is 117 cm³/mol. The van der Waals surface area contributed by atoms with Gasteiger partial charge in [-0.05, 0) is 35.4 Å². The summed E-state index contributed by atoms with van der Waals surface area (Å²) in [7, 11) is 1.46. The molecule has 170 valence electrons. The van der Waals surface area contributed by atoms with Gasteiger partial charge in [0.2, 0.25) is 0 Å². The monoisotopic (exact) mass is 452 g/mol. The molecule has 3 aromatic rings. The van der Waals surface area contributed by atoms with Crippen LogP contribution in [0.5, 0.6) is 11.5 Å². The molecule has 12 nitrogen and oxygen atoms in total. The predicted octanol–water partition coefficient (Wildman–Crippen LogP) is 1.48. The van der Waals surface area contributed by atoms with Crippen LogP contribution in [0.25, 0.3) is 0 Å². The van der Waals surface area contributed by atoms with Gasteiger partial charge in [0.1, 0.15) is 0 Å². The van der Waals surface area contributed by atoms with E-state index >= 15 is 0 Å². The quantitative estimate of drug-likeness (QED) is 0.267. The molecule has 2 amide bonds. The van der Waals surface area contributed by atoms with Gasteiger partial charge in [-0.3, -0.25) is 24.4 Å². The third-order valence-corrected chi connectivity index (χ3v) is 4.30. The highest BCUT2D eigenvalue weighted by Gasteiger charge is 2.10. The fourth-order valence-corrected chi connectivity index (χ4v) is 2.74. The number of primary amides is 1. The molecule has 1 aromatic heterocycles. The van der Waals surface area contributed by atoms with Crippen LogP contribution < -0.4 is 20.6 Å². The molecule has 0 atom stereocenters. The van der Waals surface area contributed by atoms with Crippen molar-refractivity contribution >= 4 is 23.7 Å². The Hall–Kier alpha value is -4.74. The first kappa shape index (κ1) is 22.9. The van der Waals surface area contributed by atoms with E-state index in [-0.39, 0.29) is 18.0 Å². The number of nitro groups is 1. The Kier molecular flexibility index (Phi) is 7.32. The minimum absolute atomic E-state index is 0.000515. The minimum atomic E-state index is -0.628. The number of methoxy groups -OCH3 is 1. The molecular formula is C21H20N6O6. The second kappa shape index (κ2) is 10.5. The number of nitrogens with zero attached hydrogens (tertiary/aromatic N) is 4. The number of benzene rings is 2. The number of hydrazone groups is 1. The van der Waals surface area contributed by atoms with Crippen LogP contribution in [-0.4, -0.2) is 46.4 Å². The highest BCUT2D eigenvalue weighted by atomic mass is 16.6. The molecule has 12 heteroatoms. The SMILES string of the molecule is COc1ccc(C=NNC(=O)c2ccn(Cc3ccc([N+](=O)[O-])cc3)n2)cc1OCC(N)=O. The maximum Gasteiger partial charge on any atom is 0.291 e. The minimum Gasteiger partial charge on any atom is -0.493 e. The van der Waals surface area contributed by atoms with Gasteiger partial charge in [-0.2, -0.15) is 10.2 Å². The fourth-order valence-electron chi connectivity index (χ4n) is 2.74. The van der Waals surface area contributed by atoms with E-state index in [0.717, 1.165) is 5.56 Å². The average Bonchev–Trinajstić information content (AvgIpc) is 3.26. The van der Waals surface area contributed by atoms with E-state index in [1.165, 1.54) is 36.2 Å². The first-order valence-electron chi connectivity index (χ1n) is 9.55. The van der Waals surface area contributed by atoms with Gasteiger partial charge in [0.05, 0.1) is 24.8 Å². The molecule has 0 radical (unpaired) electrons. The number of ether oxygens (including phenoxy) is 2. The summed E-state index contributed by atoms with van der Waals surface area (Å²) >= 11 is 0. The maximum atomic E-state index is 12.3. The molecule has 0 unspecified atom stereocenters. The number of amides is 2. The molecule has 0 fully saturated rings. The fraction of sp³-hybridized carbons (Fsp3) is 0.143. The number of carbonyl (C=O) groups excluding carboxylic acids is 2. The van der Waals surface area contributed by atoms with Crippen LogP contribution in [-0.2, 0) is 11.3 Å². The van der Waals surface area contributed by atoms with E-state index in [9.17, 15) is 19.7 Å². The Morgan fingerprint density at radius 1 is 1.21 bits per heavy atom. The van der Waals surface area contributed by atoms with Crippen molar-refractivity contribution in [2.45, 2.75) is 6.54 Å². The van der Waals surface area contributed by atoms with E-state index < -0.39 is 16.7 Å². The molecule has 0 saturated carbocycles. The van der Waals surface area contributed by atoms with Crippen LogP contribution in [0.3, 0.4) is 0 Å². The van der Waals surface area contributed by atoms with Crippen molar-refractivity contribution in [2.75, 3.05) is 13.7 Å². The van der Waals surface area contributed by atoms with Gasteiger partial charge >= 0.3 is 0 Å². The normalized spacial score (nSPS) is 10.7. The summed E-state index contributed by atoms with van der Waals surface area (Å²) in [5.41, 5.74) is 8.99. The number of rotatable bonds is 10. The van der Waals surface area contributed by atoms with Crippen LogP contribution in [0.4, 0.5) is 5.69 Å². The molecule has 0 spiro atoms.